The van der Waals surface area contributed by atoms with Crippen molar-refractivity contribution in [2.24, 2.45) is 0 Å². The van der Waals surface area contributed by atoms with E-state index >= 15 is 0 Å². The van der Waals surface area contributed by atoms with Crippen LogP contribution in [0.15, 0.2) is 0 Å². The summed E-state index contributed by atoms with van der Waals surface area (Å²) in [6, 6.07) is 0. The van der Waals surface area contributed by atoms with E-state index in [9.17, 15) is 4.21 Å². The second-order valence-electron chi connectivity index (χ2n) is 2.98. The van der Waals surface area contributed by atoms with Gasteiger partial charge in [0.15, 0.2) is 0 Å². The third-order valence-corrected chi connectivity index (χ3v) is 2.20. The van der Waals surface area contributed by atoms with Crippen LogP contribution in [0.3, 0.4) is 0 Å². The van der Waals surface area contributed by atoms with Crippen LogP contribution in [0.5, 0.6) is 0 Å². The molecule has 68 valence electrons. The lowest BCUT2D eigenvalue weighted by molar-refractivity contribution is 0.0798. The monoisotopic (exact) mass is 179 g/mol. The van der Waals surface area contributed by atoms with E-state index in [0.29, 0.717) is 12.4 Å². The van der Waals surface area contributed by atoms with Gasteiger partial charge in [-0.25, -0.2) is 0 Å². The Morgan fingerprint density at radius 1 is 1.55 bits per heavy atom. The van der Waals surface area contributed by atoms with Crippen molar-refractivity contribution in [1.82, 2.24) is 0 Å². The molecule has 0 aromatic heterocycles. The number of nitrogens with one attached hydrogen (secondary N) is 1. The zero-order chi connectivity index (χ0) is 8.91. The normalized spacial score (nSPS) is 16.7. The first-order chi connectivity index (χ1) is 4.92. The van der Waals surface area contributed by atoms with Gasteiger partial charge in [0.25, 0.3) is 0 Å². The molecular formula is C7H17NO2S. The lowest BCUT2D eigenvalue weighted by Gasteiger charge is -2.06. The van der Waals surface area contributed by atoms with Gasteiger partial charge < -0.3 is 4.74 Å². The second-order valence-corrected chi connectivity index (χ2v) is 5.40. The fourth-order valence-corrected chi connectivity index (χ4v) is 1.32. The highest BCUT2D eigenvalue weighted by Crippen LogP contribution is 1.94. The summed E-state index contributed by atoms with van der Waals surface area (Å²) in [5, 5.41) is 0. The Labute approximate surface area is 69.1 Å². The molecule has 0 spiro atoms. The van der Waals surface area contributed by atoms with Crippen LogP contribution in [0, 0.1) is 4.78 Å². The maximum absolute atomic E-state index is 10.8. The van der Waals surface area contributed by atoms with E-state index in [-0.39, 0.29) is 6.10 Å². The first-order valence-electron chi connectivity index (χ1n) is 3.75. The van der Waals surface area contributed by atoms with Crippen molar-refractivity contribution in [2.45, 2.75) is 26.4 Å². The first-order valence-corrected chi connectivity index (χ1v) is 5.88. The van der Waals surface area contributed by atoms with Crippen LogP contribution in [0.2, 0.25) is 0 Å². The molecule has 1 N–H and O–H groups in total. The molecule has 1 unspecified atom stereocenters. The minimum Gasteiger partial charge on any atom is -0.379 e. The predicted molar refractivity (Wildman–Crippen MR) is 47.4 cm³/mol. The molecular weight excluding hydrogens is 162 g/mol. The van der Waals surface area contributed by atoms with Crippen LogP contribution < -0.4 is 0 Å². The van der Waals surface area contributed by atoms with Gasteiger partial charge in [0.1, 0.15) is 0 Å². The van der Waals surface area contributed by atoms with Gasteiger partial charge in [-0.3, -0.25) is 8.99 Å². The Morgan fingerprint density at radius 2 is 2.09 bits per heavy atom. The highest BCUT2D eigenvalue weighted by atomic mass is 32.2. The van der Waals surface area contributed by atoms with Gasteiger partial charge in [-0.2, -0.15) is 0 Å². The topological polar surface area (TPSA) is 50.1 Å². The SMILES string of the molecule is CC(C)OCCCS(C)(=N)=O. The molecule has 0 aromatic carbocycles. The lowest BCUT2D eigenvalue weighted by atomic mass is 10.4. The Hall–Kier alpha value is -0.0900. The van der Waals surface area contributed by atoms with E-state index in [1.165, 1.54) is 6.26 Å². The maximum atomic E-state index is 10.8. The summed E-state index contributed by atoms with van der Waals surface area (Å²) in [7, 11) is -2.30. The number of rotatable bonds is 5. The van der Waals surface area contributed by atoms with E-state index in [2.05, 4.69) is 0 Å². The lowest BCUT2D eigenvalue weighted by Crippen LogP contribution is -2.08. The summed E-state index contributed by atoms with van der Waals surface area (Å²) in [5.74, 6) is 0.444. The van der Waals surface area contributed by atoms with Gasteiger partial charge in [0, 0.05) is 28.3 Å². The van der Waals surface area contributed by atoms with E-state index in [1.54, 1.807) is 0 Å². The third-order valence-electron chi connectivity index (χ3n) is 1.13. The quantitative estimate of drug-likeness (QED) is 0.650. The smallest absolute Gasteiger partial charge is 0.0518 e. The Morgan fingerprint density at radius 3 is 2.45 bits per heavy atom. The molecule has 11 heavy (non-hydrogen) atoms. The molecule has 0 bridgehead atoms. The standard InChI is InChI=1S/C7H17NO2S/c1-7(2)10-5-4-6-11(3,8)9/h7-8H,4-6H2,1-3H3. The average Bonchev–Trinajstić information content (AvgIpc) is 1.78. The van der Waals surface area contributed by atoms with Crippen molar-refractivity contribution in [2.75, 3.05) is 18.6 Å². The molecule has 0 aliphatic carbocycles. The Kier molecular flexibility index (Phi) is 4.68. The van der Waals surface area contributed by atoms with Crippen LogP contribution in [-0.4, -0.2) is 28.9 Å². The van der Waals surface area contributed by atoms with Crippen LogP contribution in [-0.2, 0) is 14.5 Å². The molecule has 0 heterocycles. The van der Waals surface area contributed by atoms with Gasteiger partial charge in [0.05, 0.1) is 6.10 Å². The van der Waals surface area contributed by atoms with Crippen LogP contribution >= 0.6 is 0 Å². The summed E-state index contributed by atoms with van der Waals surface area (Å²) in [6.45, 7) is 4.54. The van der Waals surface area contributed by atoms with Crippen molar-refractivity contribution in [3.8, 4) is 0 Å². The molecule has 0 saturated carbocycles. The summed E-state index contributed by atoms with van der Waals surface area (Å²) in [4.78, 5) is 0. The van der Waals surface area contributed by atoms with Gasteiger partial charge >= 0.3 is 0 Å². The highest BCUT2D eigenvalue weighted by molar-refractivity contribution is 7.91. The molecule has 0 radical (unpaired) electrons. The van der Waals surface area contributed by atoms with Crippen molar-refractivity contribution < 1.29 is 8.95 Å². The average molecular weight is 179 g/mol. The largest absolute Gasteiger partial charge is 0.379 e. The fourth-order valence-electron chi connectivity index (χ4n) is 0.653. The van der Waals surface area contributed by atoms with Crippen LogP contribution in [0.4, 0.5) is 0 Å². The van der Waals surface area contributed by atoms with Gasteiger partial charge in [0.2, 0.25) is 0 Å². The van der Waals surface area contributed by atoms with Gasteiger partial charge in [-0.15, -0.1) is 0 Å². The summed E-state index contributed by atoms with van der Waals surface area (Å²) < 4.78 is 23.2. The fraction of sp³-hybridized carbons (Fsp3) is 1.00. The highest BCUT2D eigenvalue weighted by Gasteiger charge is 1.98. The molecule has 3 nitrogen and oxygen atoms in total. The van der Waals surface area contributed by atoms with E-state index in [0.717, 1.165) is 6.42 Å². The molecule has 0 fully saturated rings. The van der Waals surface area contributed by atoms with Crippen molar-refractivity contribution in [1.29, 1.82) is 4.78 Å². The molecule has 1 atom stereocenters. The summed E-state index contributed by atoms with van der Waals surface area (Å²) in [6.07, 6.45) is 2.41. The molecule has 0 saturated heterocycles. The van der Waals surface area contributed by atoms with E-state index in [1.807, 2.05) is 13.8 Å². The number of hydrogen-bond acceptors (Lipinski definition) is 3. The van der Waals surface area contributed by atoms with E-state index in [4.69, 9.17) is 9.52 Å². The number of hydrogen-bond donors (Lipinski definition) is 1. The minimum absolute atomic E-state index is 0.230. The maximum Gasteiger partial charge on any atom is 0.0518 e. The van der Waals surface area contributed by atoms with Gasteiger partial charge in [-0.1, -0.05) is 0 Å². The molecule has 0 aliphatic heterocycles. The Balaban J connectivity index is 3.30. The molecule has 0 aliphatic rings. The second kappa shape index (κ2) is 4.72. The van der Waals surface area contributed by atoms with Crippen molar-refractivity contribution in [3.63, 3.8) is 0 Å². The van der Waals surface area contributed by atoms with Gasteiger partial charge in [-0.05, 0) is 20.3 Å². The molecule has 0 rings (SSSR count). The predicted octanol–water partition coefficient (Wildman–Crippen LogP) is 1.48. The van der Waals surface area contributed by atoms with Crippen molar-refractivity contribution in [3.05, 3.63) is 0 Å². The zero-order valence-electron chi connectivity index (χ0n) is 7.42. The zero-order valence-corrected chi connectivity index (χ0v) is 8.24. The van der Waals surface area contributed by atoms with Crippen LogP contribution in [0.25, 0.3) is 0 Å². The molecule has 4 heteroatoms. The first kappa shape index (κ1) is 10.9. The molecule has 0 aromatic rings. The molecule has 0 amide bonds. The minimum atomic E-state index is -2.30. The summed E-state index contributed by atoms with van der Waals surface area (Å²) >= 11 is 0. The number of ether oxygens (including phenoxy) is 1. The van der Waals surface area contributed by atoms with E-state index < -0.39 is 9.73 Å². The third kappa shape index (κ3) is 9.91. The van der Waals surface area contributed by atoms with Crippen LogP contribution in [0.1, 0.15) is 20.3 Å². The van der Waals surface area contributed by atoms with Crippen molar-refractivity contribution >= 4 is 9.73 Å². The summed E-state index contributed by atoms with van der Waals surface area (Å²) in [5.41, 5.74) is 0. The Bertz CT molecular complexity index is 185.